The van der Waals surface area contributed by atoms with Crippen LogP contribution in [0.4, 0.5) is 0 Å². The van der Waals surface area contributed by atoms with E-state index in [0.717, 1.165) is 27.3 Å². The Hall–Kier alpha value is -6.44. The summed E-state index contributed by atoms with van der Waals surface area (Å²) >= 11 is 0. The van der Waals surface area contributed by atoms with Gasteiger partial charge in [0.2, 0.25) is 0 Å². The summed E-state index contributed by atoms with van der Waals surface area (Å²) in [5, 5.41) is 4.04. The maximum atomic E-state index is 9.49. The third-order valence-electron chi connectivity index (χ3n) is 11.1. The molecule has 1 aliphatic rings. The molecule has 0 N–H and O–H groups in total. The average Bonchev–Trinajstić information content (AvgIpc) is 3.77. The van der Waals surface area contributed by atoms with Gasteiger partial charge in [0.1, 0.15) is 11.2 Å². The molecular formula is C51H34O. The first-order valence-corrected chi connectivity index (χ1v) is 17.5. The number of fused-ring (bicyclic) bond motifs is 10. The van der Waals surface area contributed by atoms with Crippen molar-refractivity contribution in [3.8, 4) is 44.5 Å². The van der Waals surface area contributed by atoms with Crippen LogP contribution < -0.4 is 0 Å². The molecule has 0 amide bonds. The quantitative estimate of drug-likeness (QED) is 0.171. The van der Waals surface area contributed by atoms with Gasteiger partial charge >= 0.3 is 0 Å². The molecule has 9 aromatic carbocycles. The minimum atomic E-state index is -0.438. The highest BCUT2D eigenvalue weighted by Crippen LogP contribution is 2.50. The maximum absolute atomic E-state index is 9.49. The third-order valence-corrected chi connectivity index (χ3v) is 11.1. The molecule has 0 saturated heterocycles. The van der Waals surface area contributed by atoms with Gasteiger partial charge in [0, 0.05) is 21.6 Å². The monoisotopic (exact) mass is 670 g/mol. The predicted octanol–water partition coefficient (Wildman–Crippen LogP) is 14.4. The van der Waals surface area contributed by atoms with Crippen molar-refractivity contribution < 1.29 is 15.4 Å². The van der Waals surface area contributed by atoms with Gasteiger partial charge in [-0.15, -0.1) is 0 Å². The van der Waals surface area contributed by atoms with E-state index in [0.29, 0.717) is 38.8 Å². The van der Waals surface area contributed by atoms with Gasteiger partial charge in [-0.3, -0.25) is 0 Å². The molecular weight excluding hydrogens is 629 g/mol. The normalized spacial score (nSPS) is 15.5. The molecule has 0 saturated carbocycles. The van der Waals surface area contributed by atoms with Crippen LogP contribution in [0.3, 0.4) is 0 Å². The Morgan fingerprint density at radius 3 is 1.85 bits per heavy atom. The van der Waals surface area contributed by atoms with Crippen molar-refractivity contribution in [3.05, 3.63) is 181 Å². The Morgan fingerprint density at radius 2 is 1.08 bits per heavy atom. The largest absolute Gasteiger partial charge is 0.455 e. The lowest BCUT2D eigenvalue weighted by molar-refractivity contribution is 0.660. The minimum Gasteiger partial charge on any atom is -0.455 e. The molecule has 11 rings (SSSR count). The zero-order valence-electron chi connectivity index (χ0n) is 36.5. The summed E-state index contributed by atoms with van der Waals surface area (Å²) in [4.78, 5) is 0. The number of hydrogen-bond acceptors (Lipinski definition) is 1. The Morgan fingerprint density at radius 1 is 0.462 bits per heavy atom. The van der Waals surface area contributed by atoms with Crippen LogP contribution in [0.5, 0.6) is 0 Å². The number of furan rings is 1. The van der Waals surface area contributed by atoms with E-state index >= 15 is 0 Å². The maximum Gasteiger partial charge on any atom is 0.143 e. The third kappa shape index (κ3) is 4.05. The van der Waals surface area contributed by atoms with E-state index in [4.69, 9.17) is 9.90 Å². The standard InChI is InChI=1S/C51H34O/c1-51(2)44-20-10-9-14-36(44)43-30-34(27-29-45(43)51)31-22-24-33(25-23-31)47-37-15-5-7-17-39(37)48(40-18-8-6-16-38(40)47)41-19-11-21-46-49(41)42-28-26-32-12-3-4-13-35(32)50(42)52-46/h3-30H,1-2H3/i5D,6D,7D,8D,15D,16D,17D,18D. The molecule has 0 unspecified atom stereocenters. The smallest absolute Gasteiger partial charge is 0.143 e. The summed E-state index contributed by atoms with van der Waals surface area (Å²) in [5.74, 6) is 0. The van der Waals surface area contributed by atoms with Crippen LogP contribution >= 0.6 is 0 Å². The molecule has 1 aromatic heterocycles. The SMILES string of the molecule is [2H]c1c([2H])c([2H])c2c(-c3cccc4oc5c6ccccc6ccc5c34)c3c([2H])c([2H])c([2H])c([2H])c3c(-c3ccc(-c4ccc5c(c4)-c4ccccc4C5(C)C)cc3)c2c1[2H]. The number of benzene rings is 9. The summed E-state index contributed by atoms with van der Waals surface area (Å²) in [6, 6.07) is 37.2. The molecule has 0 aliphatic heterocycles. The summed E-state index contributed by atoms with van der Waals surface area (Å²) < 4.78 is 80.1. The first-order valence-electron chi connectivity index (χ1n) is 21.5. The highest BCUT2D eigenvalue weighted by Gasteiger charge is 2.35. The average molecular weight is 671 g/mol. The number of rotatable bonds is 3. The van der Waals surface area contributed by atoms with Gasteiger partial charge in [-0.25, -0.2) is 0 Å². The molecule has 0 bridgehead atoms. The van der Waals surface area contributed by atoms with Gasteiger partial charge < -0.3 is 4.42 Å². The Balaban J connectivity index is 1.23. The summed E-state index contributed by atoms with van der Waals surface area (Å²) in [7, 11) is 0. The van der Waals surface area contributed by atoms with E-state index < -0.39 is 24.2 Å². The first kappa shape index (κ1) is 22.4. The van der Waals surface area contributed by atoms with Gasteiger partial charge in [0.15, 0.2) is 0 Å². The lowest BCUT2D eigenvalue weighted by Crippen LogP contribution is -2.14. The lowest BCUT2D eigenvalue weighted by atomic mass is 9.82. The first-order chi connectivity index (χ1) is 28.9. The molecule has 1 aliphatic carbocycles. The van der Waals surface area contributed by atoms with Gasteiger partial charge in [0.05, 0.1) is 11.0 Å². The second-order valence-corrected chi connectivity index (χ2v) is 14.2. The fraction of sp³-hybridized carbons (Fsp3) is 0.0588. The van der Waals surface area contributed by atoms with Crippen molar-refractivity contribution >= 4 is 54.3 Å². The molecule has 1 nitrogen and oxygen atoms in total. The topological polar surface area (TPSA) is 13.1 Å². The Kier molecular flexibility index (Phi) is 4.64. The van der Waals surface area contributed by atoms with Crippen LogP contribution in [0.25, 0.3) is 98.8 Å². The molecule has 244 valence electrons. The highest BCUT2D eigenvalue weighted by atomic mass is 16.3. The highest BCUT2D eigenvalue weighted by molar-refractivity contribution is 6.27. The van der Waals surface area contributed by atoms with Crippen molar-refractivity contribution in [2.75, 3.05) is 0 Å². The number of hydrogen-bond donors (Lipinski definition) is 0. The molecule has 0 fully saturated rings. The fourth-order valence-corrected chi connectivity index (χ4v) is 8.67. The van der Waals surface area contributed by atoms with Crippen molar-refractivity contribution in [2.45, 2.75) is 19.3 Å². The van der Waals surface area contributed by atoms with E-state index in [1.54, 1.807) is 0 Å². The minimum absolute atomic E-state index is 0.131. The van der Waals surface area contributed by atoms with Crippen LogP contribution in [0.1, 0.15) is 35.9 Å². The van der Waals surface area contributed by atoms with E-state index in [1.807, 2.05) is 78.9 Å². The molecule has 0 atom stereocenters. The van der Waals surface area contributed by atoms with E-state index in [2.05, 4.69) is 56.3 Å². The van der Waals surface area contributed by atoms with Gasteiger partial charge in [-0.1, -0.05) is 165 Å². The molecule has 1 heteroatoms. The van der Waals surface area contributed by atoms with E-state index in [-0.39, 0.29) is 51.1 Å². The molecule has 1 heterocycles. The zero-order valence-corrected chi connectivity index (χ0v) is 28.5. The molecule has 0 radical (unpaired) electrons. The Labute approximate surface area is 313 Å². The van der Waals surface area contributed by atoms with Crippen LogP contribution in [0.2, 0.25) is 0 Å². The summed E-state index contributed by atoms with van der Waals surface area (Å²) in [6.45, 7) is 4.49. The second-order valence-electron chi connectivity index (χ2n) is 14.2. The van der Waals surface area contributed by atoms with Crippen molar-refractivity contribution in [1.82, 2.24) is 0 Å². The Bertz CT molecular complexity index is 3470. The fourth-order valence-electron chi connectivity index (χ4n) is 8.67. The van der Waals surface area contributed by atoms with Crippen molar-refractivity contribution in [2.24, 2.45) is 0 Å². The second kappa shape index (κ2) is 10.8. The van der Waals surface area contributed by atoms with E-state index in [1.165, 1.54) is 22.3 Å². The van der Waals surface area contributed by atoms with E-state index in [9.17, 15) is 5.48 Å². The van der Waals surface area contributed by atoms with Crippen molar-refractivity contribution in [1.29, 1.82) is 0 Å². The van der Waals surface area contributed by atoms with Crippen molar-refractivity contribution in [3.63, 3.8) is 0 Å². The van der Waals surface area contributed by atoms with Gasteiger partial charge in [-0.05, 0) is 101 Å². The lowest BCUT2D eigenvalue weighted by Gasteiger charge is -2.21. The van der Waals surface area contributed by atoms with Crippen LogP contribution in [0, 0.1) is 0 Å². The molecule has 10 aromatic rings. The summed E-state index contributed by atoms with van der Waals surface area (Å²) in [5.41, 5.74) is 9.66. The van der Waals surface area contributed by atoms with Gasteiger partial charge in [-0.2, -0.15) is 0 Å². The predicted molar refractivity (Wildman–Crippen MR) is 220 cm³/mol. The molecule has 52 heavy (non-hydrogen) atoms. The van der Waals surface area contributed by atoms with Gasteiger partial charge in [0.25, 0.3) is 0 Å². The zero-order chi connectivity index (χ0) is 41.5. The van der Waals surface area contributed by atoms with Crippen LogP contribution in [0.15, 0.2) is 174 Å². The van der Waals surface area contributed by atoms with Crippen LogP contribution in [-0.2, 0) is 5.41 Å². The summed E-state index contributed by atoms with van der Waals surface area (Å²) in [6.07, 6.45) is 0. The van der Waals surface area contributed by atoms with Crippen LogP contribution in [-0.4, -0.2) is 0 Å². The molecule has 0 spiro atoms.